The zero-order chi connectivity index (χ0) is 20.0. The number of hydrogen-bond donors (Lipinski definition) is 3. The summed E-state index contributed by atoms with van der Waals surface area (Å²) in [6, 6.07) is 6.70. The summed E-state index contributed by atoms with van der Waals surface area (Å²) >= 11 is 0. The lowest BCUT2D eigenvalue weighted by Crippen LogP contribution is -2.42. The molecule has 1 aromatic carbocycles. The van der Waals surface area contributed by atoms with Gasteiger partial charge in [-0.15, -0.1) is 0 Å². The molecule has 1 atom stereocenters. The van der Waals surface area contributed by atoms with Crippen LogP contribution in [-0.2, 0) is 9.53 Å². The normalized spacial score (nSPS) is 12.4. The molecule has 2 aromatic rings. The molecule has 1 unspecified atom stereocenters. The molecule has 0 aliphatic heterocycles. The number of ketones is 1. The van der Waals surface area contributed by atoms with E-state index in [-0.39, 0.29) is 30.0 Å². The van der Waals surface area contributed by atoms with Gasteiger partial charge in [-0.05, 0) is 39.0 Å². The average molecular weight is 372 g/mol. The van der Waals surface area contributed by atoms with Crippen molar-refractivity contribution in [1.82, 2.24) is 10.3 Å². The van der Waals surface area contributed by atoms with E-state index in [0.29, 0.717) is 11.1 Å². The standard InChI is InChI=1S/C20H24N2O5/c1-20(2,3)27-11-9-16(19(25)26)22-18(24)14-6-4-13(5-7-14)17(23)15-8-10-21-12-15/h4-8,10,12,16,21H,9,11H2,1-3H3,(H,22,24)(H,25,26). The Balaban J connectivity index is 1.99. The minimum Gasteiger partial charge on any atom is -0.480 e. The molecule has 0 spiro atoms. The number of rotatable bonds is 8. The molecule has 7 nitrogen and oxygen atoms in total. The minimum atomic E-state index is -1.12. The highest BCUT2D eigenvalue weighted by Gasteiger charge is 2.22. The zero-order valence-corrected chi connectivity index (χ0v) is 15.6. The topological polar surface area (TPSA) is 108 Å². The number of nitrogens with one attached hydrogen (secondary N) is 2. The number of carbonyl (C=O) groups excluding carboxylic acids is 2. The molecule has 0 aliphatic rings. The van der Waals surface area contributed by atoms with Gasteiger partial charge in [0.15, 0.2) is 5.78 Å². The van der Waals surface area contributed by atoms with Crippen LogP contribution < -0.4 is 5.32 Å². The summed E-state index contributed by atoms with van der Waals surface area (Å²) in [5.41, 5.74) is 0.870. The maximum Gasteiger partial charge on any atom is 0.326 e. The quantitative estimate of drug-likeness (QED) is 0.617. The first-order valence-electron chi connectivity index (χ1n) is 8.62. The fourth-order valence-corrected chi connectivity index (χ4v) is 2.39. The Morgan fingerprint density at radius 2 is 1.70 bits per heavy atom. The summed E-state index contributed by atoms with van der Waals surface area (Å²) in [7, 11) is 0. The summed E-state index contributed by atoms with van der Waals surface area (Å²) < 4.78 is 5.52. The summed E-state index contributed by atoms with van der Waals surface area (Å²) in [5, 5.41) is 11.8. The molecule has 27 heavy (non-hydrogen) atoms. The van der Waals surface area contributed by atoms with Crippen LogP contribution in [0, 0.1) is 0 Å². The molecule has 0 fully saturated rings. The number of amides is 1. The van der Waals surface area contributed by atoms with E-state index in [4.69, 9.17) is 4.74 Å². The Bertz CT molecular complexity index is 789. The number of aromatic nitrogens is 1. The third kappa shape index (κ3) is 6.07. The number of hydrogen-bond acceptors (Lipinski definition) is 4. The SMILES string of the molecule is CC(C)(C)OCCC(NC(=O)c1ccc(C(=O)c2cc[nH]c2)cc1)C(=O)O. The van der Waals surface area contributed by atoms with Gasteiger partial charge in [0.05, 0.1) is 5.60 Å². The second-order valence-electron chi connectivity index (χ2n) is 7.12. The van der Waals surface area contributed by atoms with Gasteiger partial charge in [0.2, 0.25) is 0 Å². The predicted octanol–water partition coefficient (Wildman–Crippen LogP) is 2.63. The van der Waals surface area contributed by atoms with Gasteiger partial charge in [0, 0.05) is 42.1 Å². The second-order valence-corrected chi connectivity index (χ2v) is 7.12. The minimum absolute atomic E-state index is 0.155. The first kappa shape index (κ1) is 20.4. The third-order valence-electron chi connectivity index (χ3n) is 3.81. The fourth-order valence-electron chi connectivity index (χ4n) is 2.39. The largest absolute Gasteiger partial charge is 0.480 e. The number of H-pyrrole nitrogens is 1. The van der Waals surface area contributed by atoms with E-state index in [1.807, 2.05) is 20.8 Å². The van der Waals surface area contributed by atoms with Gasteiger partial charge in [-0.25, -0.2) is 4.79 Å². The molecule has 2 rings (SSSR count). The Morgan fingerprint density at radius 3 is 2.22 bits per heavy atom. The number of aromatic amines is 1. The third-order valence-corrected chi connectivity index (χ3v) is 3.81. The molecule has 1 aromatic heterocycles. The molecule has 144 valence electrons. The number of benzene rings is 1. The highest BCUT2D eigenvalue weighted by atomic mass is 16.5. The van der Waals surface area contributed by atoms with Crippen molar-refractivity contribution in [3.8, 4) is 0 Å². The van der Waals surface area contributed by atoms with E-state index in [9.17, 15) is 19.5 Å². The van der Waals surface area contributed by atoms with Crippen LogP contribution in [0.1, 0.15) is 53.5 Å². The molecule has 1 amide bonds. The maximum absolute atomic E-state index is 12.3. The Morgan fingerprint density at radius 1 is 1.07 bits per heavy atom. The molecular formula is C20H24N2O5. The Labute approximate surface area is 157 Å². The van der Waals surface area contributed by atoms with Crippen LogP contribution in [0.3, 0.4) is 0 Å². The average Bonchev–Trinajstić information content (AvgIpc) is 3.13. The molecule has 1 heterocycles. The summed E-state index contributed by atoms with van der Waals surface area (Å²) in [4.78, 5) is 38.8. The number of aliphatic carboxylic acids is 1. The Hall–Kier alpha value is -2.93. The second kappa shape index (κ2) is 8.64. The number of carboxylic acid groups (broad SMARTS) is 1. The number of carboxylic acids is 1. The van der Waals surface area contributed by atoms with Gasteiger partial charge in [-0.3, -0.25) is 9.59 Å². The molecule has 0 aliphatic carbocycles. The van der Waals surface area contributed by atoms with Crippen molar-refractivity contribution in [3.05, 3.63) is 59.4 Å². The van der Waals surface area contributed by atoms with Crippen LogP contribution in [0.4, 0.5) is 0 Å². The molecular weight excluding hydrogens is 348 g/mol. The molecule has 0 bridgehead atoms. The van der Waals surface area contributed by atoms with Gasteiger partial charge in [-0.2, -0.15) is 0 Å². The summed E-state index contributed by atoms with van der Waals surface area (Å²) in [6.07, 6.45) is 3.41. The molecule has 7 heteroatoms. The van der Waals surface area contributed by atoms with Crippen molar-refractivity contribution >= 4 is 17.7 Å². The van der Waals surface area contributed by atoms with E-state index in [2.05, 4.69) is 10.3 Å². The highest BCUT2D eigenvalue weighted by Crippen LogP contribution is 2.12. The molecule has 0 radical (unpaired) electrons. The van der Waals surface area contributed by atoms with E-state index in [1.54, 1.807) is 30.6 Å². The number of ether oxygens (including phenoxy) is 1. The van der Waals surface area contributed by atoms with Crippen molar-refractivity contribution in [2.45, 2.75) is 38.8 Å². The Kier molecular flexibility index (Phi) is 6.52. The summed E-state index contributed by atoms with van der Waals surface area (Å²) in [5.74, 6) is -1.80. The van der Waals surface area contributed by atoms with Crippen LogP contribution in [0.15, 0.2) is 42.7 Å². The van der Waals surface area contributed by atoms with Gasteiger partial charge in [0.25, 0.3) is 5.91 Å². The van der Waals surface area contributed by atoms with Crippen LogP contribution in [0.25, 0.3) is 0 Å². The van der Waals surface area contributed by atoms with Crippen LogP contribution in [-0.4, -0.2) is 46.0 Å². The van der Waals surface area contributed by atoms with Crippen molar-refractivity contribution < 1.29 is 24.2 Å². The first-order chi connectivity index (χ1) is 12.7. The highest BCUT2D eigenvalue weighted by molar-refractivity contribution is 6.09. The van der Waals surface area contributed by atoms with Gasteiger partial charge >= 0.3 is 5.97 Å². The van der Waals surface area contributed by atoms with Crippen LogP contribution >= 0.6 is 0 Å². The summed E-state index contributed by atoms with van der Waals surface area (Å²) in [6.45, 7) is 5.83. The van der Waals surface area contributed by atoms with E-state index < -0.39 is 17.9 Å². The van der Waals surface area contributed by atoms with Gasteiger partial charge < -0.3 is 20.1 Å². The zero-order valence-electron chi connectivity index (χ0n) is 15.6. The monoisotopic (exact) mass is 372 g/mol. The lowest BCUT2D eigenvalue weighted by atomic mass is 10.0. The van der Waals surface area contributed by atoms with Crippen LogP contribution in [0.5, 0.6) is 0 Å². The van der Waals surface area contributed by atoms with Gasteiger partial charge in [0.1, 0.15) is 6.04 Å². The van der Waals surface area contributed by atoms with E-state index in [0.717, 1.165) is 0 Å². The van der Waals surface area contributed by atoms with E-state index in [1.165, 1.54) is 12.1 Å². The van der Waals surface area contributed by atoms with E-state index >= 15 is 0 Å². The smallest absolute Gasteiger partial charge is 0.326 e. The lowest BCUT2D eigenvalue weighted by Gasteiger charge is -2.21. The first-order valence-corrected chi connectivity index (χ1v) is 8.62. The molecule has 0 saturated carbocycles. The lowest BCUT2D eigenvalue weighted by molar-refractivity contribution is -0.140. The van der Waals surface area contributed by atoms with Crippen molar-refractivity contribution in [1.29, 1.82) is 0 Å². The fraction of sp³-hybridized carbons (Fsp3) is 0.350. The maximum atomic E-state index is 12.3. The van der Waals surface area contributed by atoms with Gasteiger partial charge in [-0.1, -0.05) is 12.1 Å². The molecule has 0 saturated heterocycles. The van der Waals surface area contributed by atoms with Crippen LogP contribution in [0.2, 0.25) is 0 Å². The predicted molar refractivity (Wildman–Crippen MR) is 99.9 cm³/mol. The van der Waals surface area contributed by atoms with Crippen molar-refractivity contribution in [3.63, 3.8) is 0 Å². The molecule has 3 N–H and O–H groups in total. The van der Waals surface area contributed by atoms with Crippen molar-refractivity contribution in [2.24, 2.45) is 0 Å². The number of carbonyl (C=O) groups is 3. The van der Waals surface area contributed by atoms with Crippen molar-refractivity contribution in [2.75, 3.05) is 6.61 Å².